The second-order valence-electron chi connectivity index (χ2n) is 3.83. The van der Waals surface area contributed by atoms with Crippen LogP contribution in [0.3, 0.4) is 0 Å². The van der Waals surface area contributed by atoms with Crippen molar-refractivity contribution in [3.05, 3.63) is 53.3 Å². The van der Waals surface area contributed by atoms with Crippen LogP contribution in [0.15, 0.2) is 43.0 Å². The van der Waals surface area contributed by atoms with Crippen molar-refractivity contribution in [1.82, 2.24) is 24.5 Å². The van der Waals surface area contributed by atoms with Gasteiger partial charge >= 0.3 is 0 Å². The number of hydrogen-bond donors (Lipinski definition) is 1. The molecule has 20 heavy (non-hydrogen) atoms. The molecule has 2 aromatic heterocycles. The SMILES string of the molecule is Clc1ccc(Nc2nc(Cl)nc(-n3ccnc3)n2)cc1. The number of rotatable bonds is 3. The maximum atomic E-state index is 5.90. The summed E-state index contributed by atoms with van der Waals surface area (Å²) in [5, 5.41) is 3.79. The molecule has 0 aliphatic heterocycles. The summed E-state index contributed by atoms with van der Waals surface area (Å²) in [5.74, 6) is 0.731. The molecular formula is C12H8Cl2N6. The average molecular weight is 307 g/mol. The van der Waals surface area contributed by atoms with Crippen molar-refractivity contribution < 1.29 is 0 Å². The second kappa shape index (κ2) is 5.44. The maximum Gasteiger partial charge on any atom is 0.241 e. The summed E-state index contributed by atoms with van der Waals surface area (Å²) in [6, 6.07) is 7.17. The lowest BCUT2D eigenvalue weighted by atomic mass is 10.3. The first-order valence-electron chi connectivity index (χ1n) is 5.63. The van der Waals surface area contributed by atoms with Gasteiger partial charge in [0.2, 0.25) is 17.2 Å². The minimum Gasteiger partial charge on any atom is -0.324 e. The van der Waals surface area contributed by atoms with Gasteiger partial charge in [0.25, 0.3) is 0 Å². The number of halogens is 2. The number of imidazole rings is 1. The first-order valence-corrected chi connectivity index (χ1v) is 6.39. The summed E-state index contributed by atoms with van der Waals surface area (Å²) < 4.78 is 1.64. The molecule has 0 aliphatic rings. The Kier molecular flexibility index (Phi) is 3.49. The van der Waals surface area contributed by atoms with Crippen LogP contribution in [0.1, 0.15) is 0 Å². The van der Waals surface area contributed by atoms with E-state index in [2.05, 4.69) is 25.3 Å². The van der Waals surface area contributed by atoms with E-state index in [1.807, 2.05) is 12.1 Å². The van der Waals surface area contributed by atoms with Crippen LogP contribution in [0.5, 0.6) is 0 Å². The molecule has 0 saturated heterocycles. The van der Waals surface area contributed by atoms with Gasteiger partial charge in [0.05, 0.1) is 0 Å². The Bertz CT molecular complexity index is 711. The number of nitrogens with one attached hydrogen (secondary N) is 1. The Morgan fingerprint density at radius 2 is 1.80 bits per heavy atom. The van der Waals surface area contributed by atoms with E-state index >= 15 is 0 Å². The van der Waals surface area contributed by atoms with Gasteiger partial charge in [-0.25, -0.2) is 4.98 Å². The highest BCUT2D eigenvalue weighted by Gasteiger charge is 2.07. The summed E-state index contributed by atoms with van der Waals surface area (Å²) in [6.45, 7) is 0. The van der Waals surface area contributed by atoms with Gasteiger partial charge in [-0.05, 0) is 35.9 Å². The number of anilines is 2. The van der Waals surface area contributed by atoms with Crippen LogP contribution >= 0.6 is 23.2 Å². The van der Waals surface area contributed by atoms with Gasteiger partial charge in [-0.15, -0.1) is 0 Å². The van der Waals surface area contributed by atoms with Gasteiger partial charge in [0, 0.05) is 23.1 Å². The molecule has 0 spiro atoms. The fourth-order valence-electron chi connectivity index (χ4n) is 1.55. The lowest BCUT2D eigenvalue weighted by molar-refractivity contribution is 0.899. The van der Waals surface area contributed by atoms with E-state index in [1.165, 1.54) is 0 Å². The summed E-state index contributed by atoms with van der Waals surface area (Å²) in [5.41, 5.74) is 0.799. The zero-order valence-corrected chi connectivity index (χ0v) is 11.5. The lowest BCUT2D eigenvalue weighted by Crippen LogP contribution is -2.05. The maximum absolute atomic E-state index is 5.90. The van der Waals surface area contributed by atoms with Crippen molar-refractivity contribution >= 4 is 34.8 Å². The molecule has 1 N–H and O–H groups in total. The number of benzene rings is 1. The predicted molar refractivity (Wildman–Crippen MR) is 76.7 cm³/mol. The van der Waals surface area contributed by atoms with Crippen LogP contribution in [0.2, 0.25) is 10.3 Å². The molecule has 0 bridgehead atoms. The molecule has 2 heterocycles. The summed E-state index contributed by atoms with van der Waals surface area (Å²) >= 11 is 11.7. The predicted octanol–water partition coefficient (Wildman–Crippen LogP) is 3.11. The highest BCUT2D eigenvalue weighted by Crippen LogP contribution is 2.18. The van der Waals surface area contributed by atoms with Crippen LogP contribution in [-0.2, 0) is 0 Å². The molecule has 6 nitrogen and oxygen atoms in total. The van der Waals surface area contributed by atoms with E-state index in [1.54, 1.807) is 35.4 Å². The van der Waals surface area contributed by atoms with E-state index in [0.717, 1.165) is 5.69 Å². The van der Waals surface area contributed by atoms with Gasteiger partial charge in [0.15, 0.2) is 0 Å². The van der Waals surface area contributed by atoms with Crippen molar-refractivity contribution in [3.8, 4) is 5.95 Å². The number of hydrogen-bond acceptors (Lipinski definition) is 5. The molecule has 0 saturated carbocycles. The van der Waals surface area contributed by atoms with Gasteiger partial charge < -0.3 is 5.32 Å². The van der Waals surface area contributed by atoms with Crippen LogP contribution in [0.4, 0.5) is 11.6 Å². The standard InChI is InChI=1S/C12H8Cl2N6/c13-8-1-3-9(4-2-8)16-11-17-10(14)18-12(19-11)20-6-5-15-7-20/h1-7H,(H,16,17,18,19). The van der Waals surface area contributed by atoms with Crippen molar-refractivity contribution in [1.29, 1.82) is 0 Å². The molecule has 3 aromatic rings. The van der Waals surface area contributed by atoms with E-state index in [-0.39, 0.29) is 5.28 Å². The van der Waals surface area contributed by atoms with Crippen LogP contribution in [0, 0.1) is 0 Å². The molecule has 0 unspecified atom stereocenters. The summed E-state index contributed by atoms with van der Waals surface area (Å²) in [6.07, 6.45) is 4.93. The fraction of sp³-hybridized carbons (Fsp3) is 0. The topological polar surface area (TPSA) is 68.5 Å². The molecule has 0 radical (unpaired) electrons. The van der Waals surface area contributed by atoms with Crippen molar-refractivity contribution in [2.75, 3.05) is 5.32 Å². The largest absolute Gasteiger partial charge is 0.324 e. The molecule has 0 amide bonds. The summed E-state index contributed by atoms with van der Waals surface area (Å²) in [4.78, 5) is 16.3. The normalized spacial score (nSPS) is 10.5. The molecule has 0 aliphatic carbocycles. The Labute approximate surface area is 124 Å². The molecule has 100 valence electrons. The third-order valence-electron chi connectivity index (χ3n) is 2.43. The van der Waals surface area contributed by atoms with E-state index in [9.17, 15) is 0 Å². The zero-order chi connectivity index (χ0) is 13.9. The first kappa shape index (κ1) is 12.8. The van der Waals surface area contributed by atoms with E-state index in [4.69, 9.17) is 23.2 Å². The lowest BCUT2D eigenvalue weighted by Gasteiger charge is -2.07. The van der Waals surface area contributed by atoms with Gasteiger partial charge in [-0.2, -0.15) is 15.0 Å². The minimum atomic E-state index is 0.0974. The van der Waals surface area contributed by atoms with E-state index < -0.39 is 0 Å². The van der Waals surface area contributed by atoms with Crippen molar-refractivity contribution in [2.24, 2.45) is 0 Å². The van der Waals surface area contributed by atoms with Crippen molar-refractivity contribution in [2.45, 2.75) is 0 Å². The van der Waals surface area contributed by atoms with E-state index in [0.29, 0.717) is 16.9 Å². The Morgan fingerprint density at radius 3 is 2.50 bits per heavy atom. The smallest absolute Gasteiger partial charge is 0.241 e. The molecule has 3 rings (SSSR count). The van der Waals surface area contributed by atoms with Gasteiger partial charge in [-0.3, -0.25) is 4.57 Å². The molecule has 8 heteroatoms. The van der Waals surface area contributed by atoms with Gasteiger partial charge in [0.1, 0.15) is 6.33 Å². The molecule has 0 fully saturated rings. The average Bonchev–Trinajstić information content (AvgIpc) is 2.95. The number of nitrogens with zero attached hydrogens (tertiary/aromatic N) is 5. The minimum absolute atomic E-state index is 0.0974. The molecule has 1 aromatic carbocycles. The summed E-state index contributed by atoms with van der Waals surface area (Å²) in [7, 11) is 0. The highest BCUT2D eigenvalue weighted by molar-refractivity contribution is 6.30. The van der Waals surface area contributed by atoms with Crippen LogP contribution in [0.25, 0.3) is 5.95 Å². The third kappa shape index (κ3) is 2.87. The van der Waals surface area contributed by atoms with Crippen molar-refractivity contribution in [3.63, 3.8) is 0 Å². The molecule has 0 atom stereocenters. The Hall–Kier alpha value is -2.18. The fourth-order valence-corrected chi connectivity index (χ4v) is 1.83. The third-order valence-corrected chi connectivity index (χ3v) is 2.85. The monoisotopic (exact) mass is 306 g/mol. The zero-order valence-electron chi connectivity index (χ0n) is 10.0. The molecular weight excluding hydrogens is 299 g/mol. The second-order valence-corrected chi connectivity index (χ2v) is 4.60. The van der Waals surface area contributed by atoms with Crippen LogP contribution < -0.4 is 5.32 Å². The quantitative estimate of drug-likeness (QED) is 0.805. The Balaban J connectivity index is 1.92. The van der Waals surface area contributed by atoms with Gasteiger partial charge in [-0.1, -0.05) is 11.6 Å². The Morgan fingerprint density at radius 1 is 1.00 bits per heavy atom. The highest BCUT2D eigenvalue weighted by atomic mass is 35.5. The number of aromatic nitrogens is 5. The first-order chi connectivity index (χ1) is 9.70. The van der Waals surface area contributed by atoms with Crippen LogP contribution in [-0.4, -0.2) is 24.5 Å².